The quantitative estimate of drug-likeness (QED) is 0.618. The van der Waals surface area contributed by atoms with Gasteiger partial charge in [0.15, 0.2) is 0 Å². The van der Waals surface area contributed by atoms with E-state index in [4.69, 9.17) is 0 Å². The normalized spacial score (nSPS) is 12.4. The topological polar surface area (TPSA) is 117 Å². The number of carbonyl (C=O) groups is 1. The minimum Gasteiger partial charge on any atom is -0.348 e. The molecule has 1 amide bonds. The molecule has 7 nitrogen and oxygen atoms in total. The van der Waals surface area contributed by atoms with E-state index in [0.717, 1.165) is 13.2 Å². The summed E-state index contributed by atoms with van der Waals surface area (Å²) in [5.41, 5.74) is 0. The molecule has 1 atom stereocenters. The lowest BCUT2D eigenvalue weighted by Gasteiger charge is -2.11. The van der Waals surface area contributed by atoms with E-state index < -0.39 is 22.3 Å². The van der Waals surface area contributed by atoms with Crippen molar-refractivity contribution in [3.05, 3.63) is 12.7 Å². The lowest BCUT2D eigenvalue weighted by Crippen LogP contribution is -2.35. The summed E-state index contributed by atoms with van der Waals surface area (Å²) in [6.45, 7) is 4.65. The molecule has 4 N–H and O–H groups in total. The number of hydrogen-bond donors (Lipinski definition) is 2. The van der Waals surface area contributed by atoms with Crippen LogP contribution in [0.3, 0.4) is 0 Å². The molecule has 0 radical (unpaired) electrons. The fourth-order valence-corrected chi connectivity index (χ4v) is 1.04. The third kappa shape index (κ3) is 8.06. The Labute approximate surface area is 89.4 Å². The zero-order valence-corrected chi connectivity index (χ0v) is 9.54. The number of hydrogen-bond acceptors (Lipinski definition) is 6. The largest absolute Gasteiger partial charge is 0.399 e. The maximum absolute atomic E-state index is 10.8. The third-order valence-corrected chi connectivity index (χ3v) is 2.07. The van der Waals surface area contributed by atoms with Crippen LogP contribution in [0.4, 0.5) is 0 Å². The number of carbonyl (C=O) groups excluding carboxylic acids is 1. The molecule has 0 saturated heterocycles. The number of rotatable bonds is 6. The maximum atomic E-state index is 10.8. The van der Waals surface area contributed by atoms with Gasteiger partial charge in [0.2, 0.25) is 5.91 Å². The van der Waals surface area contributed by atoms with Gasteiger partial charge in [-0.05, 0) is 13.0 Å². The molecule has 0 spiro atoms. The first-order chi connectivity index (χ1) is 6.41. The first-order valence-corrected chi connectivity index (χ1v) is 5.12. The Hall–Kier alpha value is -0.960. The van der Waals surface area contributed by atoms with Crippen LogP contribution in [0.2, 0.25) is 0 Å². The van der Waals surface area contributed by atoms with Gasteiger partial charge in [-0.1, -0.05) is 6.58 Å². The highest BCUT2D eigenvalue weighted by Gasteiger charge is 2.12. The van der Waals surface area contributed by atoms with Crippen molar-refractivity contribution < 1.29 is 21.6 Å². The molecule has 0 aliphatic carbocycles. The molecule has 0 aromatic heterocycles. The summed E-state index contributed by atoms with van der Waals surface area (Å²) in [6, 6.07) is -0.439. The summed E-state index contributed by atoms with van der Waals surface area (Å²) in [6.07, 6.45) is 1.08. The van der Waals surface area contributed by atoms with E-state index in [1.807, 2.05) is 0 Å². The summed E-state index contributed by atoms with van der Waals surface area (Å²) < 4.78 is 29.8. The Kier molecular flexibility index (Phi) is 8.07. The van der Waals surface area contributed by atoms with Crippen molar-refractivity contribution in [3.8, 4) is 0 Å². The lowest BCUT2D eigenvalue weighted by molar-refractivity contribution is -0.117. The highest BCUT2D eigenvalue weighted by atomic mass is 32.3. The molecule has 0 aliphatic rings. The second-order valence-electron chi connectivity index (χ2n) is 2.47. The van der Waals surface area contributed by atoms with E-state index in [1.165, 1.54) is 0 Å². The average molecular weight is 240 g/mol. The van der Waals surface area contributed by atoms with E-state index in [2.05, 4.69) is 20.3 Å². The maximum Gasteiger partial charge on any atom is 0.399 e. The highest BCUT2D eigenvalue weighted by molar-refractivity contribution is 7.81. The van der Waals surface area contributed by atoms with Gasteiger partial charge in [0.1, 0.15) is 0 Å². The van der Waals surface area contributed by atoms with Gasteiger partial charge in [-0.25, -0.2) is 4.18 Å². The standard InChI is InChI=1S/C7H13NO5S.H3N/c1-4-7(9)8-6(2)5-13-14(10,11)12-3;/h4,6H,1,5H2,2-3H3,(H,8,9);1H3. The third-order valence-electron chi connectivity index (χ3n) is 1.24. The first-order valence-electron chi connectivity index (χ1n) is 3.79. The lowest BCUT2D eigenvalue weighted by atomic mass is 10.3. The van der Waals surface area contributed by atoms with Crippen LogP contribution < -0.4 is 11.5 Å². The van der Waals surface area contributed by atoms with E-state index in [1.54, 1.807) is 6.92 Å². The Morgan fingerprint density at radius 2 is 2.13 bits per heavy atom. The van der Waals surface area contributed by atoms with Gasteiger partial charge in [0.25, 0.3) is 0 Å². The van der Waals surface area contributed by atoms with Crippen LogP contribution in [0.15, 0.2) is 12.7 Å². The molecule has 0 saturated carbocycles. The number of nitrogens with one attached hydrogen (secondary N) is 1. The van der Waals surface area contributed by atoms with Gasteiger partial charge in [0.05, 0.1) is 19.8 Å². The van der Waals surface area contributed by atoms with E-state index in [-0.39, 0.29) is 12.8 Å². The van der Waals surface area contributed by atoms with Crippen molar-refractivity contribution in [2.24, 2.45) is 0 Å². The summed E-state index contributed by atoms with van der Waals surface area (Å²) in [7, 11) is -2.95. The molecular formula is C7H16N2O5S. The van der Waals surface area contributed by atoms with Crippen molar-refractivity contribution in [2.45, 2.75) is 13.0 Å². The van der Waals surface area contributed by atoms with Crippen LogP contribution >= 0.6 is 0 Å². The fourth-order valence-electron chi connectivity index (χ4n) is 0.577. The zero-order chi connectivity index (χ0) is 11.2. The van der Waals surface area contributed by atoms with Crippen LogP contribution in [0.5, 0.6) is 0 Å². The molecule has 1 unspecified atom stereocenters. The molecule has 0 bridgehead atoms. The molecule has 0 rings (SSSR count). The van der Waals surface area contributed by atoms with E-state index >= 15 is 0 Å². The van der Waals surface area contributed by atoms with Crippen LogP contribution in [0.1, 0.15) is 6.92 Å². The SMILES string of the molecule is C=CC(=O)NC(C)COS(=O)(=O)OC.N. The first kappa shape index (κ1) is 16.5. The minimum absolute atomic E-state index is 0. The van der Waals surface area contributed by atoms with E-state index in [9.17, 15) is 13.2 Å². The van der Waals surface area contributed by atoms with Crippen molar-refractivity contribution in [1.82, 2.24) is 11.5 Å². The summed E-state index contributed by atoms with van der Waals surface area (Å²) >= 11 is 0. The van der Waals surface area contributed by atoms with Crippen molar-refractivity contribution in [2.75, 3.05) is 13.7 Å². The Bertz CT molecular complexity index is 301. The summed E-state index contributed by atoms with van der Waals surface area (Å²) in [5, 5.41) is 2.42. The molecule has 0 aromatic rings. The molecule has 90 valence electrons. The molecule has 15 heavy (non-hydrogen) atoms. The summed E-state index contributed by atoms with van der Waals surface area (Å²) in [5.74, 6) is -0.393. The Morgan fingerprint density at radius 1 is 1.60 bits per heavy atom. The highest BCUT2D eigenvalue weighted by Crippen LogP contribution is 1.95. The molecule has 0 aromatic carbocycles. The van der Waals surface area contributed by atoms with Gasteiger partial charge in [-0.2, -0.15) is 8.42 Å². The summed E-state index contributed by atoms with van der Waals surface area (Å²) in [4.78, 5) is 10.8. The molecule has 8 heteroatoms. The second kappa shape index (κ2) is 7.35. The van der Waals surface area contributed by atoms with Crippen molar-refractivity contribution >= 4 is 16.3 Å². The fraction of sp³-hybridized carbons (Fsp3) is 0.571. The minimum atomic E-state index is -3.93. The van der Waals surface area contributed by atoms with Gasteiger partial charge >= 0.3 is 10.4 Å². The monoisotopic (exact) mass is 240 g/mol. The van der Waals surface area contributed by atoms with Crippen LogP contribution in [-0.2, 0) is 23.6 Å². The molecule has 0 heterocycles. The van der Waals surface area contributed by atoms with Gasteiger partial charge in [-0.3, -0.25) is 8.98 Å². The molecule has 0 fully saturated rings. The second-order valence-corrected chi connectivity index (χ2v) is 3.86. The van der Waals surface area contributed by atoms with Gasteiger partial charge < -0.3 is 11.5 Å². The predicted octanol–water partition coefficient (Wildman–Crippen LogP) is -0.253. The van der Waals surface area contributed by atoms with Crippen LogP contribution in [-0.4, -0.2) is 34.1 Å². The predicted molar refractivity (Wildman–Crippen MR) is 54.7 cm³/mol. The van der Waals surface area contributed by atoms with Gasteiger partial charge in [0, 0.05) is 0 Å². The molecule has 0 aliphatic heterocycles. The Balaban J connectivity index is 0. The Morgan fingerprint density at radius 3 is 2.53 bits per heavy atom. The van der Waals surface area contributed by atoms with Crippen LogP contribution in [0.25, 0.3) is 0 Å². The van der Waals surface area contributed by atoms with Crippen LogP contribution in [0, 0.1) is 0 Å². The van der Waals surface area contributed by atoms with Crippen molar-refractivity contribution in [3.63, 3.8) is 0 Å². The average Bonchev–Trinajstić information content (AvgIpc) is 2.15. The van der Waals surface area contributed by atoms with Gasteiger partial charge in [-0.15, -0.1) is 0 Å². The zero-order valence-electron chi connectivity index (χ0n) is 8.73. The smallest absolute Gasteiger partial charge is 0.348 e. The van der Waals surface area contributed by atoms with E-state index in [0.29, 0.717) is 0 Å². The van der Waals surface area contributed by atoms with Crippen molar-refractivity contribution in [1.29, 1.82) is 0 Å². The molecular weight excluding hydrogens is 224 g/mol. The number of amides is 1.